The SMILES string of the molecule is CC(CC(=O)Nc1ccc(CN2C(=O)CSC2=O)cc1)C1CCCNC1. The van der Waals surface area contributed by atoms with Crippen LogP contribution in [0.4, 0.5) is 10.5 Å². The highest BCUT2D eigenvalue weighted by Gasteiger charge is 2.29. The summed E-state index contributed by atoms with van der Waals surface area (Å²) in [6.07, 6.45) is 2.88. The molecule has 0 bridgehead atoms. The molecule has 0 saturated carbocycles. The molecule has 2 fully saturated rings. The zero-order chi connectivity index (χ0) is 18.5. The van der Waals surface area contributed by atoms with Crippen LogP contribution in [0.1, 0.15) is 31.7 Å². The van der Waals surface area contributed by atoms with Crippen molar-refractivity contribution in [3.8, 4) is 0 Å². The minimum atomic E-state index is -0.196. The molecule has 0 aliphatic carbocycles. The van der Waals surface area contributed by atoms with Crippen LogP contribution in [0.15, 0.2) is 24.3 Å². The number of anilines is 1. The predicted octanol–water partition coefficient (Wildman–Crippen LogP) is 2.85. The van der Waals surface area contributed by atoms with Gasteiger partial charge in [-0.1, -0.05) is 30.8 Å². The van der Waals surface area contributed by atoms with Crippen molar-refractivity contribution in [1.82, 2.24) is 10.2 Å². The van der Waals surface area contributed by atoms with Crippen LogP contribution in [0.3, 0.4) is 0 Å². The molecule has 2 unspecified atom stereocenters. The Labute approximate surface area is 158 Å². The lowest BCUT2D eigenvalue weighted by Crippen LogP contribution is -2.34. The smallest absolute Gasteiger partial charge is 0.289 e. The Morgan fingerprint density at radius 3 is 2.73 bits per heavy atom. The Morgan fingerprint density at radius 1 is 1.35 bits per heavy atom. The minimum Gasteiger partial charge on any atom is -0.326 e. The molecule has 7 heteroatoms. The lowest BCUT2D eigenvalue weighted by molar-refractivity contribution is -0.125. The first-order chi connectivity index (χ1) is 12.5. The van der Waals surface area contributed by atoms with Crippen molar-refractivity contribution >= 4 is 34.5 Å². The van der Waals surface area contributed by atoms with Gasteiger partial charge in [0.15, 0.2) is 0 Å². The van der Waals surface area contributed by atoms with Gasteiger partial charge < -0.3 is 10.6 Å². The Morgan fingerprint density at radius 2 is 2.12 bits per heavy atom. The van der Waals surface area contributed by atoms with Crippen molar-refractivity contribution < 1.29 is 14.4 Å². The number of rotatable bonds is 6. The fourth-order valence-electron chi connectivity index (χ4n) is 3.45. The van der Waals surface area contributed by atoms with Crippen molar-refractivity contribution in [2.24, 2.45) is 11.8 Å². The lowest BCUT2D eigenvalue weighted by atomic mass is 9.85. The highest BCUT2D eigenvalue weighted by molar-refractivity contribution is 8.14. The van der Waals surface area contributed by atoms with E-state index in [4.69, 9.17) is 0 Å². The average Bonchev–Trinajstić information content (AvgIpc) is 2.96. The average molecular weight is 375 g/mol. The molecule has 2 aliphatic heterocycles. The van der Waals surface area contributed by atoms with E-state index >= 15 is 0 Å². The van der Waals surface area contributed by atoms with Gasteiger partial charge in [-0.05, 0) is 55.5 Å². The van der Waals surface area contributed by atoms with Crippen LogP contribution in [0, 0.1) is 11.8 Å². The van der Waals surface area contributed by atoms with Crippen LogP contribution in [0.5, 0.6) is 0 Å². The molecular formula is C19H25N3O3S. The van der Waals surface area contributed by atoms with E-state index in [9.17, 15) is 14.4 Å². The molecule has 0 spiro atoms. The van der Waals surface area contributed by atoms with Gasteiger partial charge in [-0.25, -0.2) is 0 Å². The summed E-state index contributed by atoms with van der Waals surface area (Å²) in [5.41, 5.74) is 1.61. The number of imide groups is 1. The van der Waals surface area contributed by atoms with Gasteiger partial charge in [0.1, 0.15) is 0 Å². The molecule has 2 atom stereocenters. The van der Waals surface area contributed by atoms with E-state index in [1.165, 1.54) is 17.7 Å². The van der Waals surface area contributed by atoms with Gasteiger partial charge in [0.25, 0.3) is 5.24 Å². The van der Waals surface area contributed by atoms with Crippen LogP contribution in [0.25, 0.3) is 0 Å². The highest BCUT2D eigenvalue weighted by atomic mass is 32.2. The number of hydrogen-bond donors (Lipinski definition) is 2. The summed E-state index contributed by atoms with van der Waals surface area (Å²) < 4.78 is 0. The third kappa shape index (κ3) is 4.86. The predicted molar refractivity (Wildman–Crippen MR) is 103 cm³/mol. The maximum atomic E-state index is 12.3. The second-order valence-electron chi connectivity index (χ2n) is 7.07. The van der Waals surface area contributed by atoms with E-state index in [2.05, 4.69) is 17.6 Å². The number of amides is 3. The number of carbonyl (C=O) groups excluding carboxylic acids is 3. The monoisotopic (exact) mass is 375 g/mol. The largest absolute Gasteiger partial charge is 0.326 e. The van der Waals surface area contributed by atoms with Crippen molar-refractivity contribution in [1.29, 1.82) is 0 Å². The first kappa shape index (κ1) is 18.9. The summed E-state index contributed by atoms with van der Waals surface area (Å²) in [6, 6.07) is 7.32. The summed E-state index contributed by atoms with van der Waals surface area (Å²) in [7, 11) is 0. The zero-order valence-corrected chi connectivity index (χ0v) is 15.8. The fraction of sp³-hybridized carbons (Fsp3) is 0.526. The number of piperidine rings is 1. The van der Waals surface area contributed by atoms with Crippen molar-refractivity contribution in [2.45, 2.75) is 32.7 Å². The van der Waals surface area contributed by atoms with E-state index in [0.29, 0.717) is 18.3 Å². The van der Waals surface area contributed by atoms with E-state index in [0.717, 1.165) is 36.1 Å². The van der Waals surface area contributed by atoms with Gasteiger partial charge in [0, 0.05) is 12.1 Å². The molecule has 3 amide bonds. The fourth-order valence-corrected chi connectivity index (χ4v) is 4.17. The Hall–Kier alpha value is -1.86. The van der Waals surface area contributed by atoms with Crippen molar-refractivity contribution in [3.05, 3.63) is 29.8 Å². The van der Waals surface area contributed by atoms with Gasteiger partial charge in [0.05, 0.1) is 12.3 Å². The first-order valence-electron chi connectivity index (χ1n) is 9.09. The second-order valence-corrected chi connectivity index (χ2v) is 7.99. The van der Waals surface area contributed by atoms with Gasteiger partial charge in [-0.15, -0.1) is 0 Å². The molecule has 2 saturated heterocycles. The number of nitrogens with zero attached hydrogens (tertiary/aromatic N) is 1. The molecule has 6 nitrogen and oxygen atoms in total. The summed E-state index contributed by atoms with van der Waals surface area (Å²) in [5.74, 6) is 1.01. The van der Waals surface area contributed by atoms with Crippen LogP contribution in [-0.4, -0.2) is 40.8 Å². The maximum Gasteiger partial charge on any atom is 0.289 e. The zero-order valence-electron chi connectivity index (χ0n) is 15.0. The molecule has 2 heterocycles. The van der Waals surface area contributed by atoms with Gasteiger partial charge in [0.2, 0.25) is 11.8 Å². The summed E-state index contributed by atoms with van der Waals surface area (Å²) in [6.45, 7) is 4.50. The molecule has 3 rings (SSSR count). The normalized spacial score (nSPS) is 21.7. The summed E-state index contributed by atoms with van der Waals surface area (Å²) >= 11 is 1.04. The van der Waals surface area contributed by atoms with E-state index in [-0.39, 0.29) is 29.4 Å². The lowest BCUT2D eigenvalue weighted by Gasteiger charge is -2.28. The van der Waals surface area contributed by atoms with Crippen LogP contribution < -0.4 is 10.6 Å². The second kappa shape index (κ2) is 8.68. The van der Waals surface area contributed by atoms with E-state index in [1.807, 2.05) is 24.3 Å². The Kier molecular flexibility index (Phi) is 6.32. The molecule has 1 aromatic carbocycles. The first-order valence-corrected chi connectivity index (χ1v) is 10.1. The van der Waals surface area contributed by atoms with E-state index < -0.39 is 0 Å². The number of carbonyl (C=O) groups is 3. The Balaban J connectivity index is 1.49. The van der Waals surface area contributed by atoms with Crippen LogP contribution in [-0.2, 0) is 16.1 Å². The van der Waals surface area contributed by atoms with Crippen molar-refractivity contribution in [3.63, 3.8) is 0 Å². The van der Waals surface area contributed by atoms with Crippen LogP contribution in [0.2, 0.25) is 0 Å². The van der Waals surface area contributed by atoms with E-state index in [1.54, 1.807) is 0 Å². The molecule has 0 radical (unpaired) electrons. The number of nitrogens with one attached hydrogen (secondary N) is 2. The van der Waals surface area contributed by atoms with Gasteiger partial charge >= 0.3 is 0 Å². The standard InChI is InChI=1S/C19H25N3O3S/c1-13(15-3-2-8-20-10-15)9-17(23)21-16-6-4-14(5-7-16)11-22-18(24)12-26-19(22)25/h4-7,13,15,20H,2-3,8-12H2,1H3,(H,21,23). The molecular weight excluding hydrogens is 350 g/mol. The quantitative estimate of drug-likeness (QED) is 0.799. The van der Waals surface area contributed by atoms with Crippen LogP contribution >= 0.6 is 11.8 Å². The van der Waals surface area contributed by atoms with Crippen molar-refractivity contribution in [2.75, 3.05) is 24.2 Å². The highest BCUT2D eigenvalue weighted by Crippen LogP contribution is 2.24. The molecule has 2 aliphatic rings. The number of hydrogen-bond acceptors (Lipinski definition) is 5. The molecule has 1 aromatic rings. The molecule has 26 heavy (non-hydrogen) atoms. The van der Waals surface area contributed by atoms with Gasteiger partial charge in [-0.2, -0.15) is 0 Å². The summed E-state index contributed by atoms with van der Waals surface area (Å²) in [4.78, 5) is 36.8. The number of thioether (sulfide) groups is 1. The maximum absolute atomic E-state index is 12.3. The number of benzene rings is 1. The molecule has 140 valence electrons. The summed E-state index contributed by atoms with van der Waals surface area (Å²) in [5, 5.41) is 6.14. The molecule has 0 aromatic heterocycles. The van der Waals surface area contributed by atoms with Gasteiger partial charge in [-0.3, -0.25) is 19.3 Å². The third-order valence-corrected chi connectivity index (χ3v) is 5.92. The minimum absolute atomic E-state index is 0.0251. The third-order valence-electron chi connectivity index (χ3n) is 5.07. The Bertz CT molecular complexity index is 655. The topological polar surface area (TPSA) is 78.5 Å². The molecule has 2 N–H and O–H groups in total.